The normalized spacial score (nSPS) is 7.08. The lowest BCUT2D eigenvalue weighted by atomic mass is 10.3. The molecule has 0 fully saturated rings. The molecule has 0 bridgehead atoms. The predicted molar refractivity (Wildman–Crippen MR) is 49.6 cm³/mol. The number of nitriles is 2. The average molecular weight is 203 g/mol. The summed E-state index contributed by atoms with van der Waals surface area (Å²) in [4.78, 5) is 0. The Balaban J connectivity index is 0. The predicted octanol–water partition coefficient (Wildman–Crippen LogP) is 1.68. The van der Waals surface area contributed by atoms with E-state index in [-0.39, 0.29) is 0 Å². The van der Waals surface area contributed by atoms with E-state index in [1.54, 1.807) is 0 Å². The third-order valence-electron chi connectivity index (χ3n) is 0.950. The Kier molecular flexibility index (Phi) is 19.0. The van der Waals surface area contributed by atoms with Crippen molar-refractivity contribution in [3.63, 3.8) is 0 Å². The Morgan fingerprint density at radius 1 is 1.23 bits per heavy atom. The zero-order valence-electron chi connectivity index (χ0n) is 7.52. The standard InChI is InChI=1S/C5H13N.C2N2O2S/c1-2-3-4-5-6;3-1-5-7-6-2-4/h2-6H2,1H3;. The molecule has 13 heavy (non-hydrogen) atoms. The molecule has 0 unspecified atom stereocenters. The van der Waals surface area contributed by atoms with Gasteiger partial charge in [-0.3, -0.25) is 0 Å². The number of rotatable bonds is 5. The number of hydrogen-bond acceptors (Lipinski definition) is 6. The van der Waals surface area contributed by atoms with Gasteiger partial charge in [0.1, 0.15) is 0 Å². The summed E-state index contributed by atoms with van der Waals surface area (Å²) >= 11 is 0.331. The maximum Gasteiger partial charge on any atom is 0.316 e. The van der Waals surface area contributed by atoms with Gasteiger partial charge >= 0.3 is 24.8 Å². The van der Waals surface area contributed by atoms with Gasteiger partial charge in [-0.2, -0.15) is 0 Å². The molecule has 74 valence electrons. The zero-order valence-corrected chi connectivity index (χ0v) is 8.34. The topological polar surface area (TPSA) is 92.1 Å². The first-order valence-electron chi connectivity index (χ1n) is 3.80. The molecule has 0 aliphatic carbocycles. The maximum atomic E-state index is 7.61. The lowest BCUT2D eigenvalue weighted by Crippen LogP contribution is -1.96. The SMILES string of the molecule is CCCCCN.N#COSOC#N. The molecule has 6 heteroatoms. The second kappa shape index (κ2) is 17.1. The fourth-order valence-electron chi connectivity index (χ4n) is 0.442. The minimum atomic E-state index is 0.331. The Labute approximate surface area is 82.8 Å². The summed E-state index contributed by atoms with van der Waals surface area (Å²) in [5, 5.41) is 15.2. The number of hydrogen-bond donors (Lipinski definition) is 1. The molecule has 0 amide bonds. The van der Waals surface area contributed by atoms with Gasteiger partial charge in [-0.15, -0.1) is 10.5 Å². The quantitative estimate of drug-likeness (QED) is 0.415. The highest BCUT2D eigenvalue weighted by atomic mass is 32.2. The fourth-order valence-corrected chi connectivity index (χ4v) is 0.537. The van der Waals surface area contributed by atoms with Crippen molar-refractivity contribution in [3.05, 3.63) is 0 Å². The minimum absolute atomic E-state index is 0.331. The molecule has 0 heterocycles. The van der Waals surface area contributed by atoms with Crippen molar-refractivity contribution >= 4 is 12.3 Å². The summed E-state index contributed by atoms with van der Waals surface area (Å²) in [7, 11) is 0. The van der Waals surface area contributed by atoms with Crippen LogP contribution in [0.5, 0.6) is 0 Å². The largest absolute Gasteiger partial charge is 0.330 e. The van der Waals surface area contributed by atoms with E-state index in [9.17, 15) is 0 Å². The molecule has 0 saturated heterocycles. The molecular weight excluding hydrogens is 190 g/mol. The Morgan fingerprint density at radius 2 is 1.77 bits per heavy atom. The number of unbranched alkanes of at least 4 members (excludes halogenated alkanes) is 2. The summed E-state index contributed by atoms with van der Waals surface area (Å²) in [5.41, 5.74) is 5.21. The van der Waals surface area contributed by atoms with Crippen LogP contribution in [0.4, 0.5) is 0 Å². The summed E-state index contributed by atoms with van der Waals surface area (Å²) in [6, 6.07) is 0. The molecule has 0 aromatic heterocycles. The van der Waals surface area contributed by atoms with E-state index in [0.717, 1.165) is 6.54 Å². The molecule has 0 aromatic carbocycles. The van der Waals surface area contributed by atoms with Crippen LogP contribution < -0.4 is 5.73 Å². The second-order valence-corrected chi connectivity index (χ2v) is 2.38. The van der Waals surface area contributed by atoms with Crippen LogP contribution in [0.25, 0.3) is 0 Å². The van der Waals surface area contributed by atoms with Crippen LogP contribution in [0.1, 0.15) is 26.2 Å². The van der Waals surface area contributed by atoms with Crippen molar-refractivity contribution in [2.75, 3.05) is 6.54 Å². The molecule has 0 aliphatic rings. The van der Waals surface area contributed by atoms with E-state index in [0.29, 0.717) is 12.3 Å². The van der Waals surface area contributed by atoms with E-state index in [1.165, 1.54) is 31.8 Å². The lowest BCUT2D eigenvalue weighted by molar-refractivity contribution is 0.485. The van der Waals surface area contributed by atoms with Gasteiger partial charge in [-0.25, -0.2) is 0 Å². The first kappa shape index (κ1) is 14.4. The highest BCUT2D eigenvalue weighted by Gasteiger charge is 1.80. The molecule has 0 saturated carbocycles. The maximum absolute atomic E-state index is 7.61. The van der Waals surface area contributed by atoms with Crippen molar-refractivity contribution in [2.24, 2.45) is 5.73 Å². The summed E-state index contributed by atoms with van der Waals surface area (Å²) in [5.74, 6) is 0. The minimum Gasteiger partial charge on any atom is -0.330 e. The van der Waals surface area contributed by atoms with Crippen LogP contribution in [0.3, 0.4) is 0 Å². The van der Waals surface area contributed by atoms with E-state index >= 15 is 0 Å². The van der Waals surface area contributed by atoms with Gasteiger partial charge in [-0.05, 0) is 13.0 Å². The molecule has 2 N–H and O–H groups in total. The molecule has 0 spiro atoms. The Bertz CT molecular complexity index is 146. The van der Waals surface area contributed by atoms with E-state index in [4.69, 9.17) is 16.3 Å². The first-order chi connectivity index (χ1) is 6.33. The van der Waals surface area contributed by atoms with Gasteiger partial charge in [0.2, 0.25) is 0 Å². The van der Waals surface area contributed by atoms with Crippen molar-refractivity contribution in [2.45, 2.75) is 26.2 Å². The van der Waals surface area contributed by atoms with Crippen LogP contribution in [-0.2, 0) is 8.37 Å². The summed E-state index contributed by atoms with van der Waals surface area (Å²) in [6.07, 6.45) is 6.33. The van der Waals surface area contributed by atoms with E-state index in [2.05, 4.69) is 15.3 Å². The smallest absolute Gasteiger partial charge is 0.316 e. The zero-order chi connectivity index (χ0) is 10.4. The fraction of sp³-hybridized carbons (Fsp3) is 0.714. The van der Waals surface area contributed by atoms with Gasteiger partial charge in [0.05, 0.1) is 0 Å². The molecule has 5 nitrogen and oxygen atoms in total. The van der Waals surface area contributed by atoms with Crippen molar-refractivity contribution in [1.82, 2.24) is 0 Å². The third kappa shape index (κ3) is 24.8. The van der Waals surface area contributed by atoms with Crippen molar-refractivity contribution in [1.29, 1.82) is 10.5 Å². The monoisotopic (exact) mass is 203 g/mol. The van der Waals surface area contributed by atoms with Crippen LogP contribution >= 0.6 is 12.3 Å². The van der Waals surface area contributed by atoms with Gasteiger partial charge in [0, 0.05) is 0 Å². The molecule has 0 atom stereocenters. The van der Waals surface area contributed by atoms with E-state index < -0.39 is 0 Å². The second-order valence-electron chi connectivity index (χ2n) is 1.91. The number of nitrogens with zero attached hydrogens (tertiary/aromatic N) is 2. The van der Waals surface area contributed by atoms with E-state index in [1.807, 2.05) is 0 Å². The van der Waals surface area contributed by atoms with Crippen LogP contribution in [0.2, 0.25) is 0 Å². The Morgan fingerprint density at radius 3 is 2.00 bits per heavy atom. The molecule has 0 radical (unpaired) electrons. The Hall–Kier alpha value is -1.11. The van der Waals surface area contributed by atoms with Crippen LogP contribution in [0.15, 0.2) is 0 Å². The molecular formula is C7H13N3O2S. The highest BCUT2D eigenvalue weighted by Crippen LogP contribution is 1.98. The first-order valence-corrected chi connectivity index (χ1v) is 4.47. The van der Waals surface area contributed by atoms with Gasteiger partial charge < -0.3 is 14.1 Å². The van der Waals surface area contributed by atoms with Crippen LogP contribution in [-0.4, -0.2) is 6.54 Å². The highest BCUT2D eigenvalue weighted by molar-refractivity contribution is 7.90. The summed E-state index contributed by atoms with van der Waals surface area (Å²) < 4.78 is 7.70. The molecule has 0 aromatic rings. The van der Waals surface area contributed by atoms with Gasteiger partial charge in [0.25, 0.3) is 0 Å². The molecule has 0 aliphatic heterocycles. The van der Waals surface area contributed by atoms with Gasteiger partial charge in [-0.1, -0.05) is 19.8 Å². The lowest BCUT2D eigenvalue weighted by Gasteiger charge is -1.86. The van der Waals surface area contributed by atoms with Crippen molar-refractivity contribution < 1.29 is 8.37 Å². The third-order valence-corrected chi connectivity index (χ3v) is 1.24. The van der Waals surface area contributed by atoms with Gasteiger partial charge in [0.15, 0.2) is 0 Å². The average Bonchev–Trinajstić information content (AvgIpc) is 2.17. The molecule has 0 rings (SSSR count). The summed E-state index contributed by atoms with van der Waals surface area (Å²) in [6.45, 7) is 3.03. The van der Waals surface area contributed by atoms with Crippen molar-refractivity contribution in [3.8, 4) is 12.5 Å². The van der Waals surface area contributed by atoms with Crippen LogP contribution in [0, 0.1) is 23.0 Å². The number of nitrogens with two attached hydrogens (primary N) is 1.